The number of methoxy groups -OCH3 is 1. The first-order chi connectivity index (χ1) is 9.51. The van der Waals surface area contributed by atoms with E-state index < -0.39 is 16.9 Å². The molecule has 0 saturated heterocycles. The molecule has 0 fully saturated rings. The first-order valence-electron chi connectivity index (χ1n) is 6.25. The molecule has 110 valence electrons. The summed E-state index contributed by atoms with van der Waals surface area (Å²) in [5.41, 5.74) is 0.0400. The van der Waals surface area contributed by atoms with Gasteiger partial charge in [-0.3, -0.25) is 10.1 Å². The average Bonchev–Trinajstić information content (AvgIpc) is 2.43. The Morgan fingerprint density at radius 1 is 1.50 bits per heavy atom. The Kier molecular flexibility index (Phi) is 5.76. The molecule has 1 unspecified atom stereocenters. The molecular formula is C13H18N2O5. The van der Waals surface area contributed by atoms with Crippen molar-refractivity contribution in [3.05, 3.63) is 28.3 Å². The second-order valence-electron chi connectivity index (χ2n) is 4.15. The third-order valence-corrected chi connectivity index (χ3v) is 2.57. The zero-order valence-electron chi connectivity index (χ0n) is 11.7. The minimum atomic E-state index is -0.694. The minimum absolute atomic E-state index is 0.180. The van der Waals surface area contributed by atoms with Crippen molar-refractivity contribution >= 4 is 17.3 Å². The van der Waals surface area contributed by atoms with Crippen LogP contribution in [0.1, 0.15) is 20.3 Å². The van der Waals surface area contributed by atoms with E-state index in [0.29, 0.717) is 6.61 Å². The van der Waals surface area contributed by atoms with Crippen molar-refractivity contribution in [1.82, 2.24) is 0 Å². The average molecular weight is 282 g/mol. The molecular weight excluding hydrogens is 264 g/mol. The minimum Gasteiger partial charge on any atom is -0.487 e. The number of carbonyl (C=O) groups excluding carboxylic acids is 1. The summed E-state index contributed by atoms with van der Waals surface area (Å²) < 4.78 is 9.94. The van der Waals surface area contributed by atoms with Gasteiger partial charge < -0.3 is 14.8 Å². The van der Waals surface area contributed by atoms with Crippen LogP contribution in [0.25, 0.3) is 0 Å². The fraction of sp³-hybridized carbons (Fsp3) is 0.462. The van der Waals surface area contributed by atoms with Crippen LogP contribution in [0.5, 0.6) is 5.75 Å². The molecule has 1 aromatic rings. The molecule has 7 nitrogen and oxygen atoms in total. The van der Waals surface area contributed by atoms with E-state index in [9.17, 15) is 14.9 Å². The van der Waals surface area contributed by atoms with E-state index >= 15 is 0 Å². The molecule has 1 rings (SSSR count). The van der Waals surface area contributed by atoms with Crippen molar-refractivity contribution in [2.24, 2.45) is 0 Å². The third-order valence-electron chi connectivity index (χ3n) is 2.57. The van der Waals surface area contributed by atoms with Gasteiger partial charge in [0, 0.05) is 0 Å². The van der Waals surface area contributed by atoms with Crippen molar-refractivity contribution in [3.63, 3.8) is 0 Å². The van der Waals surface area contributed by atoms with Crippen molar-refractivity contribution < 1.29 is 19.2 Å². The summed E-state index contributed by atoms with van der Waals surface area (Å²) in [5, 5.41) is 14.0. The second kappa shape index (κ2) is 7.32. The maximum absolute atomic E-state index is 11.4. The largest absolute Gasteiger partial charge is 0.487 e. The first-order valence-corrected chi connectivity index (χ1v) is 6.25. The topological polar surface area (TPSA) is 90.7 Å². The maximum atomic E-state index is 11.4. The van der Waals surface area contributed by atoms with E-state index in [4.69, 9.17) is 4.74 Å². The summed E-state index contributed by atoms with van der Waals surface area (Å²) in [5.74, 6) is -0.321. The monoisotopic (exact) mass is 282 g/mol. The first kappa shape index (κ1) is 15.7. The molecule has 1 aromatic carbocycles. The molecule has 0 bridgehead atoms. The highest BCUT2D eigenvalue weighted by atomic mass is 16.6. The molecule has 0 aliphatic heterocycles. The second-order valence-corrected chi connectivity index (χ2v) is 4.15. The SMILES string of the molecule is CCCOc1cccc(NC(C)C(=O)OC)c1[N+](=O)[O-]. The molecule has 0 aliphatic carbocycles. The van der Waals surface area contributed by atoms with Crippen LogP contribution in [0.4, 0.5) is 11.4 Å². The van der Waals surface area contributed by atoms with Crippen LogP contribution in [-0.4, -0.2) is 30.7 Å². The third kappa shape index (κ3) is 3.84. The van der Waals surface area contributed by atoms with Crippen molar-refractivity contribution in [1.29, 1.82) is 0 Å². The molecule has 20 heavy (non-hydrogen) atoms. The predicted octanol–water partition coefficient (Wildman–Crippen LogP) is 2.36. The standard InChI is InChI=1S/C13H18N2O5/c1-4-8-20-11-7-5-6-10(12(11)15(17)18)14-9(2)13(16)19-3/h5-7,9,14H,4,8H2,1-3H3. The Balaban J connectivity index is 3.06. The number of nitro groups is 1. The number of hydrogen-bond acceptors (Lipinski definition) is 6. The van der Waals surface area contributed by atoms with Crippen molar-refractivity contribution in [2.45, 2.75) is 26.3 Å². The normalized spacial score (nSPS) is 11.6. The lowest BCUT2D eigenvalue weighted by Crippen LogP contribution is -2.27. The van der Waals surface area contributed by atoms with Gasteiger partial charge in [0.05, 0.1) is 18.6 Å². The number of ether oxygens (including phenoxy) is 2. The highest BCUT2D eigenvalue weighted by Crippen LogP contribution is 2.35. The van der Waals surface area contributed by atoms with Gasteiger partial charge in [0.15, 0.2) is 5.75 Å². The lowest BCUT2D eigenvalue weighted by molar-refractivity contribution is -0.385. The van der Waals surface area contributed by atoms with E-state index in [1.165, 1.54) is 19.2 Å². The maximum Gasteiger partial charge on any atom is 0.333 e. The number of esters is 1. The lowest BCUT2D eigenvalue weighted by atomic mass is 10.2. The van der Waals surface area contributed by atoms with Gasteiger partial charge in [-0.2, -0.15) is 0 Å². The van der Waals surface area contributed by atoms with E-state index in [1.807, 2.05) is 6.92 Å². The van der Waals surface area contributed by atoms with Crippen LogP contribution in [-0.2, 0) is 9.53 Å². The Hall–Kier alpha value is -2.31. The summed E-state index contributed by atoms with van der Waals surface area (Å²) in [6.45, 7) is 3.86. The smallest absolute Gasteiger partial charge is 0.333 e. The van der Waals surface area contributed by atoms with E-state index in [1.54, 1.807) is 13.0 Å². The number of para-hydroxylation sites is 1. The van der Waals surface area contributed by atoms with Gasteiger partial charge in [-0.25, -0.2) is 4.79 Å². The van der Waals surface area contributed by atoms with Crippen LogP contribution >= 0.6 is 0 Å². The van der Waals surface area contributed by atoms with Crippen molar-refractivity contribution in [2.75, 3.05) is 19.0 Å². The molecule has 0 heterocycles. The summed E-state index contributed by atoms with van der Waals surface area (Å²) in [7, 11) is 1.26. The summed E-state index contributed by atoms with van der Waals surface area (Å²) >= 11 is 0. The van der Waals surface area contributed by atoms with E-state index in [2.05, 4.69) is 10.1 Å². The van der Waals surface area contributed by atoms with Crippen LogP contribution in [0, 0.1) is 10.1 Å². The number of anilines is 1. The molecule has 0 radical (unpaired) electrons. The number of nitrogens with zero attached hydrogens (tertiary/aromatic N) is 1. The number of rotatable bonds is 7. The van der Waals surface area contributed by atoms with Gasteiger partial charge in [0.25, 0.3) is 0 Å². The molecule has 0 amide bonds. The van der Waals surface area contributed by atoms with Gasteiger partial charge in [-0.1, -0.05) is 13.0 Å². The van der Waals surface area contributed by atoms with Gasteiger partial charge in [0.2, 0.25) is 0 Å². The Morgan fingerprint density at radius 2 is 2.20 bits per heavy atom. The fourth-order valence-corrected chi connectivity index (χ4v) is 1.62. The zero-order chi connectivity index (χ0) is 15.1. The number of nitro benzene ring substituents is 1. The number of carbonyl (C=O) groups is 1. The Morgan fingerprint density at radius 3 is 2.75 bits per heavy atom. The molecule has 0 spiro atoms. The molecule has 0 aromatic heterocycles. The van der Waals surface area contributed by atoms with Gasteiger partial charge in [0.1, 0.15) is 11.7 Å². The molecule has 1 atom stereocenters. The quantitative estimate of drug-likeness (QED) is 0.469. The number of hydrogen-bond donors (Lipinski definition) is 1. The summed E-state index contributed by atoms with van der Waals surface area (Å²) in [6, 6.07) is 3.99. The van der Waals surface area contributed by atoms with Gasteiger partial charge >= 0.3 is 11.7 Å². The highest BCUT2D eigenvalue weighted by Gasteiger charge is 2.24. The van der Waals surface area contributed by atoms with Crippen molar-refractivity contribution in [3.8, 4) is 5.75 Å². The predicted molar refractivity (Wildman–Crippen MR) is 74.0 cm³/mol. The van der Waals surface area contributed by atoms with Crippen LogP contribution in [0.3, 0.4) is 0 Å². The Bertz CT molecular complexity index is 490. The van der Waals surface area contributed by atoms with Crippen LogP contribution in [0.2, 0.25) is 0 Å². The molecule has 0 aliphatic rings. The Labute approximate surface area is 117 Å². The van der Waals surface area contributed by atoms with Crippen LogP contribution in [0.15, 0.2) is 18.2 Å². The van der Waals surface area contributed by atoms with E-state index in [-0.39, 0.29) is 17.1 Å². The molecule has 7 heteroatoms. The zero-order valence-corrected chi connectivity index (χ0v) is 11.7. The van der Waals surface area contributed by atoms with Crippen LogP contribution < -0.4 is 10.1 Å². The number of benzene rings is 1. The fourth-order valence-electron chi connectivity index (χ4n) is 1.62. The highest BCUT2D eigenvalue weighted by molar-refractivity contribution is 5.81. The van der Waals surface area contributed by atoms with Gasteiger partial charge in [-0.15, -0.1) is 0 Å². The summed E-state index contributed by atoms with van der Waals surface area (Å²) in [4.78, 5) is 22.0. The van der Waals surface area contributed by atoms with E-state index in [0.717, 1.165) is 6.42 Å². The van der Waals surface area contributed by atoms with Gasteiger partial charge in [-0.05, 0) is 25.5 Å². The number of nitrogens with one attached hydrogen (secondary N) is 1. The molecule has 1 N–H and O–H groups in total. The summed E-state index contributed by atoms with van der Waals surface area (Å²) in [6.07, 6.45) is 0.743. The lowest BCUT2D eigenvalue weighted by Gasteiger charge is -2.14. The molecule has 0 saturated carbocycles.